The number of carbonyl (C=O) groups is 2. The van der Waals surface area contributed by atoms with Gasteiger partial charge >= 0.3 is 0 Å². The summed E-state index contributed by atoms with van der Waals surface area (Å²) in [6.07, 6.45) is 1.49. The van der Waals surface area contributed by atoms with Crippen molar-refractivity contribution in [3.63, 3.8) is 0 Å². The first-order valence-electron chi connectivity index (χ1n) is 10.0. The van der Waals surface area contributed by atoms with Gasteiger partial charge in [0.1, 0.15) is 23.3 Å². The van der Waals surface area contributed by atoms with Crippen LogP contribution in [-0.4, -0.2) is 22.9 Å². The van der Waals surface area contributed by atoms with Crippen LogP contribution in [0.4, 0.5) is 5.69 Å². The van der Waals surface area contributed by atoms with E-state index in [-0.39, 0.29) is 17.4 Å². The van der Waals surface area contributed by atoms with Gasteiger partial charge in [-0.2, -0.15) is 0 Å². The minimum atomic E-state index is -0.872. The fourth-order valence-corrected chi connectivity index (χ4v) is 3.71. The molecule has 6 heteroatoms. The van der Waals surface area contributed by atoms with E-state index in [0.29, 0.717) is 22.8 Å². The Labute approximate surface area is 180 Å². The molecule has 31 heavy (non-hydrogen) atoms. The third-order valence-electron chi connectivity index (χ3n) is 5.04. The van der Waals surface area contributed by atoms with Gasteiger partial charge in [-0.05, 0) is 74.9 Å². The van der Waals surface area contributed by atoms with E-state index in [4.69, 9.17) is 9.15 Å². The van der Waals surface area contributed by atoms with E-state index in [1.165, 1.54) is 11.2 Å². The first-order chi connectivity index (χ1) is 14.9. The Bertz CT molecular complexity index is 1140. The van der Waals surface area contributed by atoms with Gasteiger partial charge in [-0.1, -0.05) is 12.1 Å². The van der Waals surface area contributed by atoms with Crippen LogP contribution in [0.1, 0.15) is 36.8 Å². The third kappa shape index (κ3) is 3.84. The molecule has 1 atom stereocenters. The topological polar surface area (TPSA) is 80.0 Å². The fourth-order valence-electron chi connectivity index (χ4n) is 3.71. The molecule has 1 N–H and O–H groups in total. The van der Waals surface area contributed by atoms with Crippen molar-refractivity contribution in [2.45, 2.75) is 32.9 Å². The van der Waals surface area contributed by atoms with Crippen molar-refractivity contribution < 1.29 is 23.8 Å². The van der Waals surface area contributed by atoms with Crippen LogP contribution in [0.2, 0.25) is 0 Å². The maximum atomic E-state index is 13.0. The van der Waals surface area contributed by atoms with E-state index in [0.717, 1.165) is 5.56 Å². The quantitative estimate of drug-likeness (QED) is 0.359. The maximum Gasteiger partial charge on any atom is 0.300 e. The molecule has 1 unspecified atom stereocenters. The number of rotatable bonds is 5. The maximum absolute atomic E-state index is 13.0. The first-order valence-corrected chi connectivity index (χ1v) is 10.0. The average molecular weight is 417 g/mol. The van der Waals surface area contributed by atoms with Crippen LogP contribution in [0.15, 0.2) is 76.9 Å². The molecule has 0 spiro atoms. The average Bonchev–Trinajstić information content (AvgIpc) is 3.35. The van der Waals surface area contributed by atoms with Crippen LogP contribution in [0.25, 0.3) is 5.76 Å². The van der Waals surface area contributed by atoms with Gasteiger partial charge in [-0.3, -0.25) is 14.5 Å². The first kappa shape index (κ1) is 20.5. The summed E-state index contributed by atoms with van der Waals surface area (Å²) in [6.45, 7) is 5.75. The van der Waals surface area contributed by atoms with Crippen molar-refractivity contribution in [2.24, 2.45) is 0 Å². The van der Waals surface area contributed by atoms with E-state index in [9.17, 15) is 14.7 Å². The SMILES string of the molecule is Cc1cccc(N2C(=O)C(=O)/C(=C(\O)c3ccc(OC(C)C)cc3)C2c2ccco2)c1. The Morgan fingerprint density at radius 3 is 2.42 bits per heavy atom. The summed E-state index contributed by atoms with van der Waals surface area (Å²) in [5.74, 6) is -0.696. The normalized spacial score (nSPS) is 18.1. The monoisotopic (exact) mass is 417 g/mol. The van der Waals surface area contributed by atoms with E-state index in [2.05, 4.69) is 0 Å². The van der Waals surface area contributed by atoms with Crippen molar-refractivity contribution in [3.05, 3.63) is 89.4 Å². The van der Waals surface area contributed by atoms with Crippen LogP contribution in [0, 0.1) is 6.92 Å². The number of anilines is 1. The minimum absolute atomic E-state index is 0.0121. The number of amides is 1. The van der Waals surface area contributed by atoms with Crippen LogP contribution in [-0.2, 0) is 9.59 Å². The number of carbonyl (C=O) groups excluding carboxylic acids is 2. The second kappa shape index (κ2) is 8.14. The molecule has 1 aliphatic heterocycles. The third-order valence-corrected chi connectivity index (χ3v) is 5.04. The molecule has 0 bridgehead atoms. The van der Waals surface area contributed by atoms with Gasteiger partial charge in [0.25, 0.3) is 11.7 Å². The molecule has 4 rings (SSSR count). The molecule has 1 aromatic heterocycles. The summed E-state index contributed by atoms with van der Waals surface area (Å²) >= 11 is 0. The molecular weight excluding hydrogens is 394 g/mol. The van der Waals surface area contributed by atoms with E-state index < -0.39 is 17.7 Å². The number of Topliss-reactive ketones (excluding diaryl/α,β-unsaturated/α-hetero) is 1. The van der Waals surface area contributed by atoms with Crippen LogP contribution in [0.3, 0.4) is 0 Å². The molecule has 158 valence electrons. The van der Waals surface area contributed by atoms with Gasteiger partial charge in [0.15, 0.2) is 0 Å². The summed E-state index contributed by atoms with van der Waals surface area (Å²) in [5, 5.41) is 11.1. The summed E-state index contributed by atoms with van der Waals surface area (Å²) in [7, 11) is 0. The molecule has 0 saturated carbocycles. The second-order valence-corrected chi connectivity index (χ2v) is 7.71. The Kier molecular flexibility index (Phi) is 5.38. The largest absolute Gasteiger partial charge is 0.507 e. The summed E-state index contributed by atoms with van der Waals surface area (Å²) in [6, 6.07) is 16.5. The molecule has 1 amide bonds. The standard InChI is InChI=1S/C25H23NO5/c1-15(2)31-19-11-9-17(10-12-19)23(27)21-22(20-8-5-13-30-20)26(25(29)24(21)28)18-7-4-6-16(3)14-18/h4-15,22,27H,1-3H3/b23-21-. The molecule has 1 saturated heterocycles. The highest BCUT2D eigenvalue weighted by Crippen LogP contribution is 2.42. The number of benzene rings is 2. The molecule has 6 nitrogen and oxygen atoms in total. The molecule has 1 aliphatic rings. The lowest BCUT2D eigenvalue weighted by molar-refractivity contribution is -0.132. The van der Waals surface area contributed by atoms with Crippen LogP contribution < -0.4 is 9.64 Å². The predicted octanol–water partition coefficient (Wildman–Crippen LogP) is 5.00. The molecule has 0 aliphatic carbocycles. The van der Waals surface area contributed by atoms with Crippen molar-refractivity contribution >= 4 is 23.1 Å². The van der Waals surface area contributed by atoms with Gasteiger partial charge in [0.05, 0.1) is 17.9 Å². The van der Waals surface area contributed by atoms with Crippen molar-refractivity contribution in [2.75, 3.05) is 4.90 Å². The summed E-state index contributed by atoms with van der Waals surface area (Å²) in [4.78, 5) is 27.4. The van der Waals surface area contributed by atoms with Gasteiger partial charge in [-0.25, -0.2) is 0 Å². The zero-order valence-corrected chi connectivity index (χ0v) is 17.5. The van der Waals surface area contributed by atoms with Crippen molar-refractivity contribution in [3.8, 4) is 5.75 Å². The van der Waals surface area contributed by atoms with E-state index >= 15 is 0 Å². The molecule has 2 heterocycles. The van der Waals surface area contributed by atoms with Gasteiger partial charge in [-0.15, -0.1) is 0 Å². The highest BCUT2D eigenvalue weighted by Gasteiger charge is 2.48. The van der Waals surface area contributed by atoms with Crippen molar-refractivity contribution in [1.82, 2.24) is 0 Å². The zero-order chi connectivity index (χ0) is 22.1. The number of hydrogen-bond donors (Lipinski definition) is 1. The number of aliphatic hydroxyl groups excluding tert-OH is 1. The lowest BCUT2D eigenvalue weighted by atomic mass is 9.99. The van der Waals surface area contributed by atoms with E-state index in [1.54, 1.807) is 42.5 Å². The number of aryl methyl sites for hydroxylation is 1. The number of furan rings is 1. The zero-order valence-electron chi connectivity index (χ0n) is 17.5. The van der Waals surface area contributed by atoms with Gasteiger partial charge < -0.3 is 14.3 Å². The van der Waals surface area contributed by atoms with Crippen LogP contribution >= 0.6 is 0 Å². The lowest BCUT2D eigenvalue weighted by Gasteiger charge is -2.23. The second-order valence-electron chi connectivity index (χ2n) is 7.71. The Morgan fingerprint density at radius 2 is 1.81 bits per heavy atom. The Morgan fingerprint density at radius 1 is 1.06 bits per heavy atom. The van der Waals surface area contributed by atoms with Gasteiger partial charge in [0, 0.05) is 11.3 Å². The molecule has 2 aromatic carbocycles. The summed E-state index contributed by atoms with van der Waals surface area (Å²) < 4.78 is 11.2. The van der Waals surface area contributed by atoms with Crippen LogP contribution in [0.5, 0.6) is 5.75 Å². The highest BCUT2D eigenvalue weighted by atomic mass is 16.5. The van der Waals surface area contributed by atoms with E-state index in [1.807, 2.05) is 39.0 Å². The molecular formula is C25H23NO5. The van der Waals surface area contributed by atoms with Crippen molar-refractivity contribution in [1.29, 1.82) is 0 Å². The fraction of sp³-hybridized carbons (Fsp3) is 0.200. The highest BCUT2D eigenvalue weighted by molar-refractivity contribution is 6.51. The van der Waals surface area contributed by atoms with Gasteiger partial charge in [0.2, 0.25) is 0 Å². The minimum Gasteiger partial charge on any atom is -0.507 e. The number of nitrogens with zero attached hydrogens (tertiary/aromatic N) is 1. The number of ketones is 1. The summed E-state index contributed by atoms with van der Waals surface area (Å²) in [5.41, 5.74) is 1.90. The molecule has 3 aromatic rings. The lowest BCUT2D eigenvalue weighted by Crippen LogP contribution is -2.29. The Balaban J connectivity index is 1.83. The number of hydrogen-bond acceptors (Lipinski definition) is 5. The number of aliphatic hydroxyl groups is 1. The molecule has 1 fully saturated rings. The smallest absolute Gasteiger partial charge is 0.300 e. The molecule has 0 radical (unpaired) electrons. The predicted molar refractivity (Wildman–Crippen MR) is 117 cm³/mol. The Hall–Kier alpha value is -3.80. The number of ether oxygens (including phenoxy) is 1.